The minimum atomic E-state index is 0.144. The van der Waals surface area contributed by atoms with E-state index in [0.717, 1.165) is 26.2 Å². The predicted octanol–water partition coefficient (Wildman–Crippen LogP) is 3.43. The summed E-state index contributed by atoms with van der Waals surface area (Å²) in [7, 11) is 1.61. The van der Waals surface area contributed by atoms with E-state index in [1.807, 2.05) is 29.2 Å². The van der Waals surface area contributed by atoms with E-state index in [2.05, 4.69) is 36.9 Å². The standard InChI is InChI=1S/C22H28N2O3/c1-17-7-6-8-19(18(17)2)23-12-14-24(15-13-23)22(25)11-16-27-21-10-5-4-9-20(21)26-3/h4-10H,11-16H2,1-3H3. The van der Waals surface area contributed by atoms with Crippen LogP contribution in [0.5, 0.6) is 11.5 Å². The van der Waals surface area contributed by atoms with Crippen LogP contribution in [-0.2, 0) is 4.79 Å². The van der Waals surface area contributed by atoms with Crippen LogP contribution in [0.1, 0.15) is 17.5 Å². The molecule has 2 aromatic rings. The lowest BCUT2D eigenvalue weighted by Crippen LogP contribution is -2.49. The summed E-state index contributed by atoms with van der Waals surface area (Å²) in [5, 5.41) is 0. The summed E-state index contributed by atoms with van der Waals surface area (Å²) in [6, 6.07) is 13.9. The number of piperazine rings is 1. The van der Waals surface area contributed by atoms with Gasteiger partial charge in [0, 0.05) is 31.9 Å². The zero-order chi connectivity index (χ0) is 19.2. The number of para-hydroxylation sites is 2. The molecule has 1 heterocycles. The fourth-order valence-electron chi connectivity index (χ4n) is 3.42. The first-order valence-corrected chi connectivity index (χ1v) is 9.45. The SMILES string of the molecule is COc1ccccc1OCCC(=O)N1CCN(c2cccc(C)c2C)CC1. The highest BCUT2D eigenvalue weighted by atomic mass is 16.5. The number of hydrogen-bond donors (Lipinski definition) is 0. The molecule has 0 spiro atoms. The third-order valence-corrected chi connectivity index (χ3v) is 5.19. The van der Waals surface area contributed by atoms with E-state index in [1.165, 1.54) is 16.8 Å². The summed E-state index contributed by atoms with van der Waals surface area (Å²) in [6.45, 7) is 7.89. The van der Waals surface area contributed by atoms with Crippen molar-refractivity contribution in [3.05, 3.63) is 53.6 Å². The Hall–Kier alpha value is -2.69. The average Bonchev–Trinajstić information content (AvgIpc) is 2.70. The normalized spacial score (nSPS) is 14.2. The molecule has 0 aliphatic carbocycles. The van der Waals surface area contributed by atoms with Crippen molar-refractivity contribution in [2.45, 2.75) is 20.3 Å². The van der Waals surface area contributed by atoms with Gasteiger partial charge in [0.15, 0.2) is 11.5 Å². The Balaban J connectivity index is 1.48. The molecule has 0 bridgehead atoms. The van der Waals surface area contributed by atoms with Gasteiger partial charge < -0.3 is 19.3 Å². The molecule has 144 valence electrons. The van der Waals surface area contributed by atoms with E-state index in [9.17, 15) is 4.79 Å². The minimum absolute atomic E-state index is 0.144. The molecule has 0 unspecified atom stereocenters. The van der Waals surface area contributed by atoms with Gasteiger partial charge in [-0.1, -0.05) is 24.3 Å². The molecule has 1 saturated heterocycles. The molecule has 0 saturated carbocycles. The molecule has 1 aliphatic rings. The molecule has 1 fully saturated rings. The molecule has 0 radical (unpaired) electrons. The van der Waals surface area contributed by atoms with Crippen molar-refractivity contribution < 1.29 is 14.3 Å². The number of aryl methyl sites for hydroxylation is 1. The highest BCUT2D eigenvalue weighted by Crippen LogP contribution is 2.26. The van der Waals surface area contributed by atoms with Crippen LogP contribution in [-0.4, -0.2) is 50.7 Å². The van der Waals surface area contributed by atoms with Crippen molar-refractivity contribution in [1.82, 2.24) is 4.90 Å². The molecule has 2 aromatic carbocycles. The lowest BCUT2D eigenvalue weighted by atomic mass is 10.1. The quantitative estimate of drug-likeness (QED) is 0.783. The third-order valence-electron chi connectivity index (χ3n) is 5.19. The van der Waals surface area contributed by atoms with Crippen LogP contribution in [0.2, 0.25) is 0 Å². The number of carbonyl (C=O) groups is 1. The van der Waals surface area contributed by atoms with E-state index >= 15 is 0 Å². The number of rotatable bonds is 6. The molecule has 0 aromatic heterocycles. The molecular weight excluding hydrogens is 340 g/mol. The van der Waals surface area contributed by atoms with Crippen LogP contribution in [0.3, 0.4) is 0 Å². The van der Waals surface area contributed by atoms with Gasteiger partial charge in [-0.3, -0.25) is 4.79 Å². The summed E-state index contributed by atoms with van der Waals surface area (Å²) in [5.41, 5.74) is 3.91. The van der Waals surface area contributed by atoms with E-state index in [0.29, 0.717) is 24.5 Å². The van der Waals surface area contributed by atoms with Crippen LogP contribution in [0.4, 0.5) is 5.69 Å². The van der Waals surface area contributed by atoms with Gasteiger partial charge in [-0.25, -0.2) is 0 Å². The van der Waals surface area contributed by atoms with Crippen molar-refractivity contribution >= 4 is 11.6 Å². The number of methoxy groups -OCH3 is 1. The first-order valence-electron chi connectivity index (χ1n) is 9.45. The largest absolute Gasteiger partial charge is 0.493 e. The fourth-order valence-corrected chi connectivity index (χ4v) is 3.42. The van der Waals surface area contributed by atoms with E-state index in [4.69, 9.17) is 9.47 Å². The second-order valence-corrected chi connectivity index (χ2v) is 6.84. The summed E-state index contributed by atoms with van der Waals surface area (Å²) in [6.07, 6.45) is 0.377. The van der Waals surface area contributed by atoms with Gasteiger partial charge in [0.25, 0.3) is 0 Å². The maximum Gasteiger partial charge on any atom is 0.226 e. The summed E-state index contributed by atoms with van der Waals surface area (Å²) in [4.78, 5) is 16.8. The zero-order valence-electron chi connectivity index (χ0n) is 16.4. The van der Waals surface area contributed by atoms with Crippen LogP contribution < -0.4 is 14.4 Å². The van der Waals surface area contributed by atoms with Crippen LogP contribution >= 0.6 is 0 Å². The Labute approximate surface area is 161 Å². The predicted molar refractivity (Wildman–Crippen MR) is 108 cm³/mol. The number of amides is 1. The zero-order valence-corrected chi connectivity index (χ0v) is 16.4. The van der Waals surface area contributed by atoms with Gasteiger partial charge in [0.2, 0.25) is 5.91 Å². The molecule has 1 amide bonds. The Morgan fingerprint density at radius 1 is 0.963 bits per heavy atom. The first-order chi connectivity index (χ1) is 13.1. The topological polar surface area (TPSA) is 42.0 Å². The van der Waals surface area contributed by atoms with E-state index in [-0.39, 0.29) is 5.91 Å². The smallest absolute Gasteiger partial charge is 0.226 e. The Kier molecular flexibility index (Phi) is 6.22. The molecule has 5 heteroatoms. The van der Waals surface area contributed by atoms with Crippen LogP contribution in [0, 0.1) is 13.8 Å². The molecule has 3 rings (SSSR count). The molecule has 0 atom stereocenters. The Morgan fingerprint density at radius 2 is 1.67 bits per heavy atom. The number of anilines is 1. The van der Waals surface area contributed by atoms with Crippen molar-refractivity contribution in [2.24, 2.45) is 0 Å². The van der Waals surface area contributed by atoms with Gasteiger partial charge >= 0.3 is 0 Å². The molecule has 27 heavy (non-hydrogen) atoms. The van der Waals surface area contributed by atoms with E-state index in [1.54, 1.807) is 7.11 Å². The van der Waals surface area contributed by atoms with Crippen molar-refractivity contribution in [3.8, 4) is 11.5 Å². The lowest BCUT2D eigenvalue weighted by molar-refractivity contribution is -0.132. The second kappa shape index (κ2) is 8.80. The molecule has 0 N–H and O–H groups in total. The number of benzene rings is 2. The van der Waals surface area contributed by atoms with Gasteiger partial charge in [-0.2, -0.15) is 0 Å². The van der Waals surface area contributed by atoms with Gasteiger partial charge in [-0.05, 0) is 43.2 Å². The lowest BCUT2D eigenvalue weighted by Gasteiger charge is -2.37. The first kappa shape index (κ1) is 19.1. The van der Waals surface area contributed by atoms with Gasteiger partial charge in [0.05, 0.1) is 20.1 Å². The molecule has 1 aliphatic heterocycles. The van der Waals surface area contributed by atoms with Gasteiger partial charge in [0.1, 0.15) is 0 Å². The van der Waals surface area contributed by atoms with Crippen molar-refractivity contribution in [3.63, 3.8) is 0 Å². The van der Waals surface area contributed by atoms with Crippen molar-refractivity contribution in [1.29, 1.82) is 0 Å². The summed E-state index contributed by atoms with van der Waals surface area (Å²) < 4.78 is 11.0. The summed E-state index contributed by atoms with van der Waals surface area (Å²) >= 11 is 0. The van der Waals surface area contributed by atoms with Crippen molar-refractivity contribution in [2.75, 3.05) is 44.8 Å². The van der Waals surface area contributed by atoms with Crippen LogP contribution in [0.15, 0.2) is 42.5 Å². The number of ether oxygens (including phenoxy) is 2. The average molecular weight is 368 g/mol. The molecular formula is C22H28N2O3. The number of carbonyl (C=O) groups excluding carboxylic acids is 1. The maximum absolute atomic E-state index is 12.5. The fraction of sp³-hybridized carbons (Fsp3) is 0.409. The van der Waals surface area contributed by atoms with Gasteiger partial charge in [-0.15, -0.1) is 0 Å². The van der Waals surface area contributed by atoms with E-state index < -0.39 is 0 Å². The Morgan fingerprint density at radius 3 is 2.37 bits per heavy atom. The highest BCUT2D eigenvalue weighted by Gasteiger charge is 2.22. The summed E-state index contributed by atoms with van der Waals surface area (Å²) in [5.74, 6) is 1.50. The minimum Gasteiger partial charge on any atom is -0.493 e. The van der Waals surface area contributed by atoms with Crippen LogP contribution in [0.25, 0.3) is 0 Å². The highest BCUT2D eigenvalue weighted by molar-refractivity contribution is 5.76. The Bertz CT molecular complexity index is 783. The molecule has 5 nitrogen and oxygen atoms in total. The number of hydrogen-bond acceptors (Lipinski definition) is 4. The number of nitrogens with zero attached hydrogens (tertiary/aromatic N) is 2. The third kappa shape index (κ3) is 4.54. The maximum atomic E-state index is 12.5. The monoisotopic (exact) mass is 368 g/mol. The second-order valence-electron chi connectivity index (χ2n) is 6.84.